The minimum Gasteiger partial charge on any atom is -0.278 e. The maximum Gasteiger partial charge on any atom is 0.0803 e. The van der Waals surface area contributed by atoms with E-state index in [0.29, 0.717) is 0 Å². The van der Waals surface area contributed by atoms with Gasteiger partial charge in [0.25, 0.3) is 0 Å². The number of nitrogens with zero attached hydrogens (tertiary/aromatic N) is 2. The van der Waals surface area contributed by atoms with Crippen LogP contribution >= 0.6 is 0 Å². The number of aromatic nitrogens is 2. The molecular weight excluding hydrogens is 198 g/mol. The van der Waals surface area contributed by atoms with Crippen molar-refractivity contribution in [1.82, 2.24) is 10.2 Å². The van der Waals surface area contributed by atoms with Crippen LogP contribution in [0.1, 0.15) is 19.4 Å². The smallest absolute Gasteiger partial charge is 0.0803 e. The summed E-state index contributed by atoms with van der Waals surface area (Å²) in [4.78, 5) is 0. The van der Waals surface area contributed by atoms with Gasteiger partial charge in [0.05, 0.1) is 23.4 Å². The van der Waals surface area contributed by atoms with Crippen molar-refractivity contribution in [2.24, 2.45) is 0 Å². The summed E-state index contributed by atoms with van der Waals surface area (Å²) in [6.45, 7) is 3.79. The van der Waals surface area contributed by atoms with E-state index >= 15 is 0 Å². The first-order valence-corrected chi connectivity index (χ1v) is 5.15. The molecule has 0 amide bonds. The number of benzene rings is 1. The summed E-state index contributed by atoms with van der Waals surface area (Å²) in [5.41, 5.74) is 2.38. The lowest BCUT2D eigenvalue weighted by Crippen LogP contribution is -2.14. The van der Waals surface area contributed by atoms with Gasteiger partial charge < -0.3 is 0 Å². The summed E-state index contributed by atoms with van der Waals surface area (Å²) in [5, 5.41) is 16.1. The normalized spacial score (nSPS) is 11.1. The van der Waals surface area contributed by atoms with Gasteiger partial charge in [0.2, 0.25) is 0 Å². The molecule has 16 heavy (non-hydrogen) atoms. The second-order valence-corrected chi connectivity index (χ2v) is 4.26. The third kappa shape index (κ3) is 1.70. The highest BCUT2D eigenvalue weighted by Gasteiger charge is 2.25. The molecule has 80 valence electrons. The Morgan fingerprint density at radius 3 is 2.56 bits per heavy atom. The van der Waals surface area contributed by atoms with Crippen molar-refractivity contribution in [2.75, 3.05) is 0 Å². The van der Waals surface area contributed by atoms with Gasteiger partial charge in [0.15, 0.2) is 0 Å². The predicted octanol–water partition coefficient (Wildman–Crippen LogP) is 2.88. The van der Waals surface area contributed by atoms with Crippen molar-refractivity contribution in [3.05, 3.63) is 42.1 Å². The molecule has 0 aliphatic heterocycles. The van der Waals surface area contributed by atoms with E-state index in [4.69, 9.17) is 5.26 Å². The van der Waals surface area contributed by atoms with Crippen LogP contribution in [-0.4, -0.2) is 10.2 Å². The highest BCUT2D eigenvalue weighted by molar-refractivity contribution is 5.64. The first kappa shape index (κ1) is 10.4. The van der Waals surface area contributed by atoms with Crippen LogP contribution in [0.3, 0.4) is 0 Å². The third-order valence-electron chi connectivity index (χ3n) is 2.65. The molecule has 1 heterocycles. The van der Waals surface area contributed by atoms with Gasteiger partial charge in [-0.3, -0.25) is 5.10 Å². The first-order valence-electron chi connectivity index (χ1n) is 5.15. The van der Waals surface area contributed by atoms with Crippen molar-refractivity contribution in [3.8, 4) is 17.3 Å². The number of aromatic amines is 1. The molecule has 0 saturated carbocycles. The van der Waals surface area contributed by atoms with E-state index in [0.717, 1.165) is 16.8 Å². The van der Waals surface area contributed by atoms with Gasteiger partial charge in [-0.25, -0.2) is 0 Å². The molecule has 0 fully saturated rings. The Balaban J connectivity index is 2.54. The predicted molar refractivity (Wildman–Crippen MR) is 62.7 cm³/mol. The zero-order valence-electron chi connectivity index (χ0n) is 9.36. The standard InChI is InChI=1S/C13H13N3/c1-13(2,9-14)11-8-15-16-12(11)10-6-4-3-5-7-10/h3-8H,1-2H3,(H,15,16). The maximum atomic E-state index is 9.15. The zero-order valence-corrected chi connectivity index (χ0v) is 9.36. The molecule has 2 rings (SSSR count). The minimum absolute atomic E-state index is 0.530. The molecule has 1 aromatic heterocycles. The molecule has 0 saturated heterocycles. The monoisotopic (exact) mass is 211 g/mol. The molecule has 0 bridgehead atoms. The quantitative estimate of drug-likeness (QED) is 0.830. The molecule has 2 aromatic rings. The maximum absolute atomic E-state index is 9.15. The summed E-state index contributed by atoms with van der Waals surface area (Å²) < 4.78 is 0. The van der Waals surface area contributed by atoms with Gasteiger partial charge >= 0.3 is 0 Å². The lowest BCUT2D eigenvalue weighted by atomic mass is 9.85. The van der Waals surface area contributed by atoms with Crippen molar-refractivity contribution in [3.63, 3.8) is 0 Å². The molecule has 0 spiro atoms. The minimum atomic E-state index is -0.530. The zero-order chi connectivity index (χ0) is 11.6. The fourth-order valence-corrected chi connectivity index (χ4v) is 1.65. The highest BCUT2D eigenvalue weighted by Crippen LogP contribution is 2.30. The third-order valence-corrected chi connectivity index (χ3v) is 2.65. The first-order chi connectivity index (χ1) is 7.65. The van der Waals surface area contributed by atoms with Crippen LogP contribution in [0.2, 0.25) is 0 Å². The van der Waals surface area contributed by atoms with Crippen LogP contribution in [-0.2, 0) is 5.41 Å². The Morgan fingerprint density at radius 1 is 1.25 bits per heavy atom. The van der Waals surface area contributed by atoms with Crippen molar-refractivity contribution in [2.45, 2.75) is 19.3 Å². The van der Waals surface area contributed by atoms with E-state index in [2.05, 4.69) is 16.3 Å². The van der Waals surface area contributed by atoms with E-state index in [-0.39, 0.29) is 0 Å². The van der Waals surface area contributed by atoms with Crippen LogP contribution in [0.5, 0.6) is 0 Å². The fourth-order valence-electron chi connectivity index (χ4n) is 1.65. The SMILES string of the molecule is CC(C)(C#N)c1cn[nH]c1-c1ccccc1. The van der Waals surface area contributed by atoms with Gasteiger partial charge in [-0.2, -0.15) is 10.4 Å². The molecule has 0 radical (unpaired) electrons. The van der Waals surface area contributed by atoms with Gasteiger partial charge in [-0.15, -0.1) is 0 Å². The molecular formula is C13H13N3. The van der Waals surface area contributed by atoms with Crippen LogP contribution in [0, 0.1) is 11.3 Å². The fraction of sp³-hybridized carbons (Fsp3) is 0.231. The highest BCUT2D eigenvalue weighted by atomic mass is 15.1. The van der Waals surface area contributed by atoms with E-state index < -0.39 is 5.41 Å². The molecule has 0 unspecified atom stereocenters. The molecule has 3 nitrogen and oxygen atoms in total. The molecule has 1 N–H and O–H groups in total. The summed E-state index contributed by atoms with van der Waals surface area (Å²) in [7, 11) is 0. The summed E-state index contributed by atoms with van der Waals surface area (Å²) in [6, 6.07) is 12.2. The summed E-state index contributed by atoms with van der Waals surface area (Å²) >= 11 is 0. The van der Waals surface area contributed by atoms with E-state index in [1.807, 2.05) is 44.2 Å². The Morgan fingerprint density at radius 2 is 1.94 bits per heavy atom. The molecule has 3 heteroatoms. The summed E-state index contributed by atoms with van der Waals surface area (Å²) in [5.74, 6) is 0. The lowest BCUT2D eigenvalue weighted by Gasteiger charge is -2.15. The van der Waals surface area contributed by atoms with Crippen LogP contribution < -0.4 is 0 Å². The van der Waals surface area contributed by atoms with Crippen LogP contribution in [0.15, 0.2) is 36.5 Å². The van der Waals surface area contributed by atoms with Crippen LogP contribution in [0.4, 0.5) is 0 Å². The van der Waals surface area contributed by atoms with Crippen LogP contribution in [0.25, 0.3) is 11.3 Å². The lowest BCUT2D eigenvalue weighted by molar-refractivity contribution is 0.689. The number of nitrogens with one attached hydrogen (secondary N) is 1. The Kier molecular flexibility index (Phi) is 2.49. The number of H-pyrrole nitrogens is 1. The Bertz CT molecular complexity index is 518. The van der Waals surface area contributed by atoms with E-state index in [1.54, 1.807) is 6.20 Å². The largest absolute Gasteiger partial charge is 0.278 e. The van der Waals surface area contributed by atoms with E-state index in [9.17, 15) is 0 Å². The van der Waals surface area contributed by atoms with Gasteiger partial charge in [-0.05, 0) is 19.4 Å². The van der Waals surface area contributed by atoms with Gasteiger partial charge in [0.1, 0.15) is 0 Å². The van der Waals surface area contributed by atoms with E-state index in [1.165, 1.54) is 0 Å². The topological polar surface area (TPSA) is 52.5 Å². The number of hydrogen-bond acceptors (Lipinski definition) is 2. The number of nitriles is 1. The second kappa shape index (κ2) is 3.82. The number of hydrogen-bond donors (Lipinski definition) is 1. The van der Waals surface area contributed by atoms with Crippen molar-refractivity contribution in [1.29, 1.82) is 5.26 Å². The van der Waals surface area contributed by atoms with Crippen molar-refractivity contribution < 1.29 is 0 Å². The Hall–Kier alpha value is -2.08. The van der Waals surface area contributed by atoms with Gasteiger partial charge in [-0.1, -0.05) is 30.3 Å². The Labute approximate surface area is 94.7 Å². The molecule has 0 aliphatic carbocycles. The second-order valence-electron chi connectivity index (χ2n) is 4.26. The van der Waals surface area contributed by atoms with Crippen molar-refractivity contribution >= 4 is 0 Å². The van der Waals surface area contributed by atoms with Gasteiger partial charge in [0, 0.05) is 5.56 Å². The number of rotatable bonds is 2. The molecule has 0 aliphatic rings. The average Bonchev–Trinajstić information content (AvgIpc) is 2.80. The molecule has 0 atom stereocenters. The molecule has 1 aromatic carbocycles. The summed E-state index contributed by atoms with van der Waals surface area (Å²) in [6.07, 6.45) is 1.73. The average molecular weight is 211 g/mol.